The molecule has 9 heteroatoms. The lowest BCUT2D eigenvalue weighted by atomic mass is 10.1. The van der Waals surface area contributed by atoms with Gasteiger partial charge in [0.2, 0.25) is 0 Å². The van der Waals surface area contributed by atoms with Gasteiger partial charge in [-0.05, 0) is 12.5 Å². The first-order chi connectivity index (χ1) is 12.7. The zero-order valence-corrected chi connectivity index (χ0v) is 16.0. The number of nitrogens with zero attached hydrogens (tertiary/aromatic N) is 1. The van der Waals surface area contributed by atoms with Gasteiger partial charge >= 0.3 is 7.25 Å². The molecule has 0 bridgehead atoms. The smallest absolute Gasteiger partial charge is 0.418 e. The van der Waals surface area contributed by atoms with Crippen LogP contribution in [0.3, 0.4) is 0 Å². The third kappa shape index (κ3) is 18.9. The van der Waals surface area contributed by atoms with E-state index < -0.39 is 13.2 Å². The van der Waals surface area contributed by atoms with Gasteiger partial charge in [0, 0.05) is 6.07 Å². The molecule has 1 heterocycles. The van der Waals surface area contributed by atoms with Crippen molar-refractivity contribution in [2.24, 2.45) is 5.73 Å². The van der Waals surface area contributed by atoms with Gasteiger partial charge in [-0.25, -0.2) is 0 Å². The van der Waals surface area contributed by atoms with Crippen molar-refractivity contribution in [2.75, 3.05) is 6.61 Å². The summed E-state index contributed by atoms with van der Waals surface area (Å²) in [4.78, 5) is 11.1. The summed E-state index contributed by atoms with van der Waals surface area (Å²) in [5, 5.41) is 0. The van der Waals surface area contributed by atoms with Crippen molar-refractivity contribution in [3.8, 4) is 0 Å². The first-order valence-corrected chi connectivity index (χ1v) is 9.48. The Bertz CT molecular complexity index is 510. The van der Waals surface area contributed by atoms with Crippen LogP contribution < -0.4 is 10.3 Å². The van der Waals surface area contributed by atoms with E-state index in [0.29, 0.717) is 12.3 Å². The van der Waals surface area contributed by atoms with Gasteiger partial charge in [-0.1, -0.05) is 58.3 Å². The molecule has 0 aliphatic heterocycles. The molecule has 0 aliphatic rings. The first kappa shape index (κ1) is 25.4. The molecule has 0 atom stereocenters. The fourth-order valence-electron chi connectivity index (χ4n) is 2.43. The highest BCUT2D eigenvalue weighted by molar-refractivity contribution is 6.50. The molecule has 2 N–H and O–H groups in total. The van der Waals surface area contributed by atoms with Crippen molar-refractivity contribution in [2.45, 2.75) is 71.4 Å². The number of pyridine rings is 1. The molecule has 0 saturated heterocycles. The SMILES string of the molecule is CCCCCCCCCCCOC[n+]1cccc(C(N)=O)c1.F[B-](F)(F)F. The minimum Gasteiger partial charge on any atom is -0.418 e. The number of carbonyl (C=O) groups is 1. The number of halogens is 4. The van der Waals surface area contributed by atoms with Crippen LogP contribution >= 0.6 is 0 Å². The number of unbranched alkanes of at least 4 members (excludes halogenated alkanes) is 8. The molecule has 1 rings (SSSR count). The molecule has 0 aliphatic carbocycles. The number of hydrogen-bond acceptors (Lipinski definition) is 2. The molecule has 0 saturated carbocycles. The molecule has 27 heavy (non-hydrogen) atoms. The Kier molecular flexibility index (Phi) is 14.5. The van der Waals surface area contributed by atoms with Crippen molar-refractivity contribution in [1.82, 2.24) is 0 Å². The second-order valence-electron chi connectivity index (χ2n) is 6.33. The van der Waals surface area contributed by atoms with Crippen LogP contribution in [0.1, 0.15) is 75.1 Å². The Labute approximate surface area is 159 Å². The van der Waals surface area contributed by atoms with E-state index in [9.17, 15) is 22.1 Å². The molecule has 0 spiro atoms. The third-order valence-electron chi connectivity index (χ3n) is 3.78. The van der Waals surface area contributed by atoms with Crippen molar-refractivity contribution in [3.05, 3.63) is 30.1 Å². The molecule has 1 amide bonds. The van der Waals surface area contributed by atoms with E-state index >= 15 is 0 Å². The fourth-order valence-corrected chi connectivity index (χ4v) is 2.43. The van der Waals surface area contributed by atoms with E-state index in [1.807, 2.05) is 16.8 Å². The molecule has 4 nitrogen and oxygen atoms in total. The normalized spacial score (nSPS) is 11.0. The highest BCUT2D eigenvalue weighted by Gasteiger charge is 2.20. The number of rotatable bonds is 13. The fraction of sp³-hybridized carbons (Fsp3) is 0.667. The maximum absolute atomic E-state index is 11.1. The number of amides is 1. The van der Waals surface area contributed by atoms with E-state index in [2.05, 4.69) is 6.92 Å². The Hall–Kier alpha value is -1.64. The molecule has 1 aromatic heterocycles. The zero-order valence-electron chi connectivity index (χ0n) is 16.0. The van der Waals surface area contributed by atoms with E-state index in [0.717, 1.165) is 13.0 Å². The molecular formula is C18H31BF4N2O2. The van der Waals surface area contributed by atoms with Gasteiger partial charge in [0.1, 0.15) is 5.56 Å². The molecule has 0 unspecified atom stereocenters. The molecule has 0 fully saturated rings. The maximum atomic E-state index is 11.1. The van der Waals surface area contributed by atoms with E-state index in [4.69, 9.17) is 10.5 Å². The summed E-state index contributed by atoms with van der Waals surface area (Å²) in [7, 11) is -6.00. The monoisotopic (exact) mass is 394 g/mol. The van der Waals surface area contributed by atoms with Crippen molar-refractivity contribution in [3.63, 3.8) is 0 Å². The summed E-state index contributed by atoms with van der Waals surface area (Å²) in [5.41, 5.74) is 5.76. The lowest BCUT2D eigenvalue weighted by Gasteiger charge is -2.03. The summed E-state index contributed by atoms with van der Waals surface area (Å²) < 4.78 is 46.5. The van der Waals surface area contributed by atoms with Gasteiger partial charge in [-0.3, -0.25) is 4.79 Å². The van der Waals surface area contributed by atoms with Gasteiger partial charge in [-0.15, -0.1) is 0 Å². The van der Waals surface area contributed by atoms with Crippen LogP contribution in [0.5, 0.6) is 0 Å². The van der Waals surface area contributed by atoms with Crippen LogP contribution in [0.25, 0.3) is 0 Å². The summed E-state index contributed by atoms with van der Waals surface area (Å²) >= 11 is 0. The first-order valence-electron chi connectivity index (χ1n) is 9.48. The minimum atomic E-state index is -6.00. The summed E-state index contributed by atoms with van der Waals surface area (Å²) in [6.45, 7) is 3.49. The van der Waals surface area contributed by atoms with E-state index in [1.54, 1.807) is 12.3 Å². The van der Waals surface area contributed by atoms with Crippen LogP contribution in [0, 0.1) is 0 Å². The van der Waals surface area contributed by atoms with E-state index in [1.165, 1.54) is 51.4 Å². The van der Waals surface area contributed by atoms with Gasteiger partial charge in [-0.2, -0.15) is 4.57 Å². The van der Waals surface area contributed by atoms with Crippen LogP contribution in [-0.4, -0.2) is 19.8 Å². The molecule has 156 valence electrons. The molecule has 0 aromatic carbocycles. The average molecular weight is 394 g/mol. The number of carbonyl (C=O) groups excluding carboxylic acids is 1. The average Bonchev–Trinajstić information content (AvgIpc) is 2.58. The second kappa shape index (κ2) is 15.4. The predicted octanol–water partition coefficient (Wildman–Crippen LogP) is 4.88. The van der Waals surface area contributed by atoms with Crippen LogP contribution in [0.15, 0.2) is 24.5 Å². The third-order valence-corrected chi connectivity index (χ3v) is 3.78. The molecule has 0 radical (unpaired) electrons. The summed E-state index contributed by atoms with van der Waals surface area (Å²) in [5.74, 6) is -0.409. The largest absolute Gasteiger partial charge is 0.673 e. The lowest BCUT2D eigenvalue weighted by Crippen LogP contribution is -2.36. The van der Waals surface area contributed by atoms with Gasteiger partial charge < -0.3 is 27.7 Å². The number of primary amides is 1. The predicted molar refractivity (Wildman–Crippen MR) is 98.5 cm³/mol. The number of hydrogen-bond donors (Lipinski definition) is 1. The van der Waals surface area contributed by atoms with E-state index in [-0.39, 0.29) is 0 Å². The Morgan fingerprint density at radius 1 is 1.04 bits per heavy atom. The number of ether oxygens (including phenoxy) is 1. The lowest BCUT2D eigenvalue weighted by molar-refractivity contribution is -0.732. The Morgan fingerprint density at radius 2 is 1.56 bits per heavy atom. The topological polar surface area (TPSA) is 56.2 Å². The Morgan fingerprint density at radius 3 is 2.07 bits per heavy atom. The van der Waals surface area contributed by atoms with Crippen LogP contribution in [0.4, 0.5) is 17.3 Å². The highest BCUT2D eigenvalue weighted by Crippen LogP contribution is 2.09. The quantitative estimate of drug-likeness (QED) is 0.224. The summed E-state index contributed by atoms with van der Waals surface area (Å²) in [6.07, 6.45) is 15.4. The minimum absolute atomic E-state index is 0.409. The van der Waals surface area contributed by atoms with Gasteiger partial charge in [0.25, 0.3) is 12.6 Å². The van der Waals surface area contributed by atoms with Crippen molar-refractivity contribution < 1.29 is 31.4 Å². The molecule has 1 aromatic rings. The standard InChI is InChI=1S/C18H30N2O2.BF4/c1-2-3-4-5-6-7-8-9-10-14-22-16-20-13-11-12-17(15-20)18(19)21;2-1(3,4)5/h11-13,15H,2-10,14,16H2,1H3,(H-,19,21);/q;-1/p+1. The number of nitrogens with two attached hydrogens (primary N) is 1. The second-order valence-corrected chi connectivity index (χ2v) is 6.33. The van der Waals surface area contributed by atoms with Crippen molar-refractivity contribution in [1.29, 1.82) is 0 Å². The number of aromatic nitrogens is 1. The van der Waals surface area contributed by atoms with Crippen LogP contribution in [0.2, 0.25) is 0 Å². The van der Waals surface area contributed by atoms with Crippen molar-refractivity contribution >= 4 is 13.2 Å². The van der Waals surface area contributed by atoms with Crippen LogP contribution in [-0.2, 0) is 11.5 Å². The zero-order chi connectivity index (χ0) is 20.5. The molecular weight excluding hydrogens is 363 g/mol. The maximum Gasteiger partial charge on any atom is 0.673 e. The Balaban J connectivity index is 0.00000119. The van der Waals surface area contributed by atoms with Gasteiger partial charge in [0.15, 0.2) is 12.4 Å². The summed E-state index contributed by atoms with van der Waals surface area (Å²) in [6, 6.07) is 3.52. The highest BCUT2D eigenvalue weighted by atomic mass is 19.5. The van der Waals surface area contributed by atoms with Gasteiger partial charge in [0.05, 0.1) is 6.61 Å².